The molecule has 1 saturated heterocycles. The van der Waals surface area contributed by atoms with Crippen molar-refractivity contribution >= 4 is 23.2 Å². The zero-order valence-corrected chi connectivity index (χ0v) is 23.8. The van der Waals surface area contributed by atoms with E-state index in [0.717, 1.165) is 54.0 Å². The van der Waals surface area contributed by atoms with Crippen LogP contribution in [0, 0.1) is 6.92 Å². The van der Waals surface area contributed by atoms with Crippen LogP contribution < -0.4 is 9.64 Å². The Morgan fingerprint density at radius 1 is 1.23 bits per heavy atom. The van der Waals surface area contributed by atoms with Gasteiger partial charge in [0, 0.05) is 43.0 Å². The van der Waals surface area contributed by atoms with Crippen LogP contribution in [0.15, 0.2) is 30.6 Å². The summed E-state index contributed by atoms with van der Waals surface area (Å²) >= 11 is 0. The van der Waals surface area contributed by atoms with Crippen molar-refractivity contribution in [2.24, 2.45) is 0 Å². The van der Waals surface area contributed by atoms with E-state index < -0.39 is 6.09 Å². The second kappa shape index (κ2) is 12.0. The summed E-state index contributed by atoms with van der Waals surface area (Å²) in [6.07, 6.45) is 6.03. The molecule has 0 aliphatic carbocycles. The van der Waals surface area contributed by atoms with Gasteiger partial charge in [0.15, 0.2) is 0 Å². The van der Waals surface area contributed by atoms with Crippen LogP contribution in [0.2, 0.25) is 0 Å². The zero-order valence-electron chi connectivity index (χ0n) is 23.8. The number of likely N-dealkylation sites (N-methyl/N-ethyl adjacent to an activating group) is 1. The number of amides is 2. The van der Waals surface area contributed by atoms with Crippen molar-refractivity contribution in [3.8, 4) is 17.0 Å². The van der Waals surface area contributed by atoms with Crippen molar-refractivity contribution in [2.45, 2.75) is 58.4 Å². The molecule has 0 saturated carbocycles. The summed E-state index contributed by atoms with van der Waals surface area (Å²) < 4.78 is 7.82. The number of hydrogen-bond acceptors (Lipinski definition) is 6. The fraction of sp³-hybridized carbons (Fsp3) is 0.517. The highest BCUT2D eigenvalue weighted by molar-refractivity contribution is 5.90. The zero-order chi connectivity index (χ0) is 28.3. The Bertz CT molecular complexity index is 1330. The molecule has 1 fully saturated rings. The lowest BCUT2D eigenvalue weighted by Crippen LogP contribution is -2.42. The van der Waals surface area contributed by atoms with Crippen molar-refractivity contribution in [3.63, 3.8) is 0 Å². The number of carbonyl (C=O) groups excluding carboxylic acids is 1. The van der Waals surface area contributed by atoms with E-state index in [1.165, 1.54) is 4.90 Å². The van der Waals surface area contributed by atoms with Crippen LogP contribution in [0.5, 0.6) is 5.75 Å². The van der Waals surface area contributed by atoms with Gasteiger partial charge >= 0.3 is 6.09 Å². The number of carboxylic acid groups (broad SMARTS) is 1. The van der Waals surface area contributed by atoms with Gasteiger partial charge in [-0.15, -0.1) is 0 Å². The lowest BCUT2D eigenvalue weighted by atomic mass is 9.96. The maximum Gasteiger partial charge on any atom is 0.412 e. The molecule has 0 bridgehead atoms. The number of anilines is 1. The van der Waals surface area contributed by atoms with Gasteiger partial charge in [-0.1, -0.05) is 19.4 Å². The molecule has 210 valence electrons. The maximum atomic E-state index is 12.6. The predicted octanol–water partition coefficient (Wildman–Crippen LogP) is 4.65. The van der Waals surface area contributed by atoms with Crippen molar-refractivity contribution < 1.29 is 19.4 Å². The number of hydrogen-bond donors (Lipinski definition) is 1. The largest absolute Gasteiger partial charge is 0.495 e. The van der Waals surface area contributed by atoms with Gasteiger partial charge in [0.25, 0.3) is 0 Å². The van der Waals surface area contributed by atoms with Gasteiger partial charge in [-0.25, -0.2) is 9.78 Å². The second-order valence-corrected chi connectivity index (χ2v) is 10.6. The number of carbonyl (C=O) groups is 2. The first-order chi connectivity index (χ1) is 18.7. The normalized spacial score (nSPS) is 15.1. The standard InChI is InChI=1S/C29H40N6O4/c1-7-8-19(2)35(29(37)38)23-10-9-22(17-24(23)39-6)26-27-20(3)30-13-16-34(27)28(31-26)21-11-14-33(15-12-21)25(36)18-32(4)5/h9-10,13,16-17,19,21H,7-8,11-12,14-15,18H2,1-6H3,(H,37,38)/t19-/m0/s1. The van der Waals surface area contributed by atoms with E-state index in [9.17, 15) is 14.7 Å². The molecule has 10 heteroatoms. The third-order valence-corrected chi connectivity index (χ3v) is 7.50. The third-order valence-electron chi connectivity index (χ3n) is 7.50. The number of ether oxygens (including phenoxy) is 1. The van der Waals surface area contributed by atoms with E-state index >= 15 is 0 Å². The first-order valence-electron chi connectivity index (χ1n) is 13.6. The lowest BCUT2D eigenvalue weighted by Gasteiger charge is -2.32. The minimum absolute atomic E-state index is 0.156. The van der Waals surface area contributed by atoms with Crippen molar-refractivity contribution in [1.29, 1.82) is 0 Å². The molecule has 1 aromatic carbocycles. The van der Waals surface area contributed by atoms with Gasteiger partial charge in [0.2, 0.25) is 5.91 Å². The fourth-order valence-electron chi connectivity index (χ4n) is 5.57. The van der Waals surface area contributed by atoms with Gasteiger partial charge in [-0.3, -0.25) is 19.1 Å². The monoisotopic (exact) mass is 536 g/mol. The minimum atomic E-state index is -1.01. The molecule has 3 aromatic rings. The molecule has 1 aliphatic rings. The van der Waals surface area contributed by atoms with Gasteiger partial charge in [0.1, 0.15) is 11.6 Å². The lowest BCUT2D eigenvalue weighted by molar-refractivity contribution is -0.132. The molecule has 2 aromatic heterocycles. The topological polar surface area (TPSA) is 104 Å². The SMILES string of the molecule is CCC[C@H](C)N(C(=O)O)c1ccc(-c2nc(C3CCN(C(=O)CN(C)C)CC3)n3ccnc(C)c23)cc1OC. The van der Waals surface area contributed by atoms with Crippen molar-refractivity contribution in [2.75, 3.05) is 45.7 Å². The fourth-order valence-corrected chi connectivity index (χ4v) is 5.57. The van der Waals surface area contributed by atoms with Crippen LogP contribution in [-0.2, 0) is 4.79 Å². The quantitative estimate of drug-likeness (QED) is 0.424. The number of nitrogens with zero attached hydrogens (tertiary/aromatic N) is 6. The summed E-state index contributed by atoms with van der Waals surface area (Å²) in [5, 5.41) is 9.97. The summed E-state index contributed by atoms with van der Waals surface area (Å²) in [6, 6.07) is 5.40. The number of benzene rings is 1. The van der Waals surface area contributed by atoms with Crippen LogP contribution in [-0.4, -0.2) is 88.2 Å². The molecular formula is C29H40N6O4. The smallest absolute Gasteiger partial charge is 0.412 e. The first-order valence-corrected chi connectivity index (χ1v) is 13.6. The van der Waals surface area contributed by atoms with Gasteiger partial charge in [0.05, 0.1) is 36.2 Å². The van der Waals surface area contributed by atoms with E-state index in [4.69, 9.17) is 9.72 Å². The molecule has 1 aliphatic heterocycles. The highest BCUT2D eigenvalue weighted by atomic mass is 16.5. The van der Waals surface area contributed by atoms with Gasteiger partial charge in [-0.2, -0.15) is 0 Å². The molecule has 0 unspecified atom stereocenters. The van der Waals surface area contributed by atoms with E-state index in [-0.39, 0.29) is 17.9 Å². The van der Waals surface area contributed by atoms with Crippen molar-refractivity contribution in [3.05, 3.63) is 42.1 Å². The van der Waals surface area contributed by atoms with Gasteiger partial charge in [-0.05, 0) is 59.3 Å². The summed E-state index contributed by atoms with van der Waals surface area (Å²) in [4.78, 5) is 39.6. The third kappa shape index (κ3) is 5.85. The predicted molar refractivity (Wildman–Crippen MR) is 152 cm³/mol. The average molecular weight is 537 g/mol. The van der Waals surface area contributed by atoms with Crippen LogP contribution in [0.25, 0.3) is 16.8 Å². The van der Waals surface area contributed by atoms with Crippen molar-refractivity contribution in [1.82, 2.24) is 24.2 Å². The molecule has 3 heterocycles. The summed E-state index contributed by atoms with van der Waals surface area (Å²) in [5.74, 6) is 1.80. The minimum Gasteiger partial charge on any atom is -0.495 e. The maximum absolute atomic E-state index is 12.6. The van der Waals surface area contributed by atoms with E-state index in [0.29, 0.717) is 31.1 Å². The average Bonchev–Trinajstić information content (AvgIpc) is 3.29. The Hall–Kier alpha value is -3.66. The number of imidazole rings is 1. The molecule has 1 atom stereocenters. The number of likely N-dealkylation sites (tertiary alicyclic amines) is 1. The molecule has 0 radical (unpaired) electrons. The van der Waals surface area contributed by atoms with Crippen LogP contribution in [0.3, 0.4) is 0 Å². The number of aryl methyl sites for hydroxylation is 1. The Kier molecular flexibility index (Phi) is 8.74. The second-order valence-electron chi connectivity index (χ2n) is 10.6. The summed E-state index contributed by atoms with van der Waals surface area (Å²) in [5.41, 5.74) is 3.92. The number of piperidine rings is 1. The summed E-state index contributed by atoms with van der Waals surface area (Å²) in [7, 11) is 5.37. The summed E-state index contributed by atoms with van der Waals surface area (Å²) in [6.45, 7) is 7.75. The number of fused-ring (bicyclic) bond motifs is 1. The van der Waals surface area contributed by atoms with E-state index in [1.807, 2.05) is 63.0 Å². The van der Waals surface area contributed by atoms with Crippen LogP contribution in [0.4, 0.5) is 10.5 Å². The van der Waals surface area contributed by atoms with E-state index in [1.54, 1.807) is 19.4 Å². The number of aromatic nitrogens is 3. The van der Waals surface area contributed by atoms with Gasteiger partial charge < -0.3 is 19.6 Å². The number of methoxy groups -OCH3 is 1. The number of rotatable bonds is 9. The van der Waals surface area contributed by atoms with Crippen LogP contribution >= 0.6 is 0 Å². The first kappa shape index (κ1) is 28.4. The molecule has 0 spiro atoms. The Labute approximate surface area is 230 Å². The highest BCUT2D eigenvalue weighted by Crippen LogP contribution is 2.38. The molecular weight excluding hydrogens is 496 g/mol. The Morgan fingerprint density at radius 2 is 1.95 bits per heavy atom. The highest BCUT2D eigenvalue weighted by Gasteiger charge is 2.29. The Morgan fingerprint density at radius 3 is 2.56 bits per heavy atom. The van der Waals surface area contributed by atoms with E-state index in [2.05, 4.69) is 9.38 Å². The molecule has 1 N–H and O–H groups in total. The molecule has 2 amide bonds. The Balaban J connectivity index is 1.70. The molecule has 4 rings (SSSR count). The molecule has 10 nitrogen and oxygen atoms in total. The molecule has 39 heavy (non-hydrogen) atoms. The van der Waals surface area contributed by atoms with Crippen LogP contribution in [0.1, 0.15) is 57.0 Å².